The lowest BCUT2D eigenvalue weighted by molar-refractivity contribution is -0.163. The summed E-state index contributed by atoms with van der Waals surface area (Å²) >= 11 is 5.07. The number of aromatic nitrogens is 4. The predicted molar refractivity (Wildman–Crippen MR) is 184 cm³/mol. The molecule has 2 aromatic carbocycles. The Morgan fingerprint density at radius 2 is 1.06 bits per heavy atom. The van der Waals surface area contributed by atoms with Crippen LogP contribution in [0.3, 0.4) is 0 Å². The number of fused-ring (bicyclic) bond motifs is 8. The van der Waals surface area contributed by atoms with Gasteiger partial charge in [0.1, 0.15) is 0 Å². The number of H-pyrrole nitrogens is 2. The Morgan fingerprint density at radius 3 is 1.58 bits per heavy atom. The molecule has 12 heteroatoms. The maximum atomic E-state index is 15.8. The van der Waals surface area contributed by atoms with Crippen molar-refractivity contribution in [2.75, 3.05) is 0 Å². The number of benzene rings is 2. The van der Waals surface area contributed by atoms with Gasteiger partial charge in [-0.3, -0.25) is 0 Å². The molecule has 5 aromatic rings. The molecule has 7 rings (SSSR count). The van der Waals surface area contributed by atoms with Crippen LogP contribution in [-0.4, -0.2) is 25.3 Å². The third kappa shape index (κ3) is 5.71. The Morgan fingerprint density at radius 1 is 0.600 bits per heavy atom. The van der Waals surface area contributed by atoms with Crippen molar-refractivity contribution in [3.63, 3.8) is 0 Å². The Kier molecular flexibility index (Phi) is 8.05. The topological polar surface area (TPSA) is 57.4 Å². The van der Waals surface area contributed by atoms with Crippen LogP contribution in [0.15, 0.2) is 78.9 Å². The molecular weight excluding hydrogens is 681 g/mol. The molecule has 252 valence electrons. The van der Waals surface area contributed by atoms with E-state index in [9.17, 15) is 17.6 Å². The van der Waals surface area contributed by atoms with Crippen LogP contribution in [0.1, 0.15) is 45.0 Å². The van der Waals surface area contributed by atoms with Crippen molar-refractivity contribution in [1.82, 2.24) is 19.9 Å². The molecule has 0 radical (unpaired) electrons. The summed E-state index contributed by atoms with van der Waals surface area (Å²) in [6, 6.07) is 19.6. The minimum Gasteiger partial charge on any atom is -0.354 e. The van der Waals surface area contributed by atoms with Crippen LogP contribution < -0.4 is 0 Å². The van der Waals surface area contributed by atoms with E-state index in [0.29, 0.717) is 22.3 Å². The van der Waals surface area contributed by atoms with Gasteiger partial charge in [0.15, 0.2) is 5.83 Å². The fraction of sp³-hybridized carbons (Fsp3) is 0.105. The number of rotatable bonds is 5. The molecule has 5 heterocycles. The van der Waals surface area contributed by atoms with Crippen LogP contribution in [0, 0.1) is 13.8 Å². The summed E-state index contributed by atoms with van der Waals surface area (Å²) in [4.78, 5) is 14.8. The van der Waals surface area contributed by atoms with E-state index in [1.54, 1.807) is 36.4 Å². The van der Waals surface area contributed by atoms with Crippen LogP contribution in [0.5, 0.6) is 0 Å². The monoisotopic (exact) mass is 704 g/mol. The molecule has 0 fully saturated rings. The van der Waals surface area contributed by atoms with Gasteiger partial charge >= 0.3 is 17.4 Å². The lowest BCUT2D eigenvalue weighted by Crippen LogP contribution is -2.33. The van der Waals surface area contributed by atoms with Crippen molar-refractivity contribution < 1.29 is 30.7 Å². The van der Waals surface area contributed by atoms with E-state index in [1.165, 1.54) is 48.6 Å². The fourth-order valence-electron chi connectivity index (χ4n) is 6.21. The third-order valence-corrected chi connectivity index (χ3v) is 8.66. The van der Waals surface area contributed by atoms with E-state index in [2.05, 4.69) is 19.9 Å². The van der Waals surface area contributed by atoms with Crippen molar-refractivity contribution in [3.05, 3.63) is 124 Å². The normalized spacial score (nSPS) is 12.8. The van der Waals surface area contributed by atoms with Crippen LogP contribution in [0.4, 0.5) is 30.7 Å². The van der Waals surface area contributed by atoms with Crippen molar-refractivity contribution in [3.8, 4) is 22.3 Å². The molecule has 0 atom stereocenters. The average molecular weight is 705 g/mol. The predicted octanol–water partition coefficient (Wildman–Crippen LogP) is 12.1. The Bertz CT molecular complexity index is 2420. The SMILES string of the molecule is Cc1cccc(-c2c3nc(c(C(F)(F)C(F)(F)Cl)c4ccc([nH]4)c(-c4cccc(C)c4)c4nc(c(C(F)=C(F)F)c5ccc2[nH]5)C=C4)C=C3)c1. The minimum atomic E-state index is -5.01. The van der Waals surface area contributed by atoms with Gasteiger partial charge in [-0.15, -0.1) is 0 Å². The molecule has 2 N–H and O–H groups in total. The number of alkyl halides is 5. The Labute approximate surface area is 285 Å². The summed E-state index contributed by atoms with van der Waals surface area (Å²) in [6.07, 6.45) is 2.82. The van der Waals surface area contributed by atoms with Crippen LogP contribution >= 0.6 is 11.6 Å². The number of hydrogen-bond acceptors (Lipinski definition) is 2. The van der Waals surface area contributed by atoms with Gasteiger partial charge in [0, 0.05) is 22.2 Å². The molecule has 0 aliphatic carbocycles. The van der Waals surface area contributed by atoms with E-state index in [1.807, 2.05) is 26.0 Å². The minimum absolute atomic E-state index is 0.0567. The van der Waals surface area contributed by atoms with E-state index >= 15 is 13.2 Å². The van der Waals surface area contributed by atoms with Crippen LogP contribution in [0.2, 0.25) is 0 Å². The molecular formula is C38H24ClF7N4. The number of nitrogens with zero attached hydrogens (tertiary/aromatic N) is 2. The van der Waals surface area contributed by atoms with E-state index in [4.69, 9.17) is 11.6 Å². The van der Waals surface area contributed by atoms with Gasteiger partial charge in [-0.25, -0.2) is 14.4 Å². The standard InChI is InChI=1S/C38H24ClF7N4/c1-19-5-3-7-21(17-19)31-23-9-11-27(47-23)33(35(40)36(41)42)28-12-10-24(48-28)32(22-8-4-6-20(2)18-22)26-14-16-30(50-26)34(29-15-13-25(31)49-29)37(43,44)38(39,45)46/h3-18,47,50H,1-2H3. The summed E-state index contributed by atoms with van der Waals surface area (Å²) in [5, 5.41) is -5.01. The smallest absolute Gasteiger partial charge is 0.354 e. The molecule has 2 aliphatic heterocycles. The molecule has 4 nitrogen and oxygen atoms in total. The number of nitrogens with one attached hydrogen (secondary N) is 2. The van der Waals surface area contributed by atoms with Gasteiger partial charge < -0.3 is 9.97 Å². The zero-order valence-electron chi connectivity index (χ0n) is 26.2. The third-order valence-electron chi connectivity index (χ3n) is 8.42. The van der Waals surface area contributed by atoms with Crippen molar-refractivity contribution >= 4 is 63.8 Å². The number of aryl methyl sites for hydroxylation is 2. The summed E-state index contributed by atoms with van der Waals surface area (Å²) in [6.45, 7) is 3.64. The first-order valence-electron chi connectivity index (χ1n) is 15.2. The summed E-state index contributed by atoms with van der Waals surface area (Å²) < 4.78 is 104. The zero-order chi connectivity index (χ0) is 35.5. The van der Waals surface area contributed by atoms with Gasteiger partial charge in [0.2, 0.25) is 0 Å². The molecule has 0 spiro atoms. The first-order valence-corrected chi connectivity index (χ1v) is 15.6. The molecule has 50 heavy (non-hydrogen) atoms. The lowest BCUT2D eigenvalue weighted by Gasteiger charge is -2.22. The summed E-state index contributed by atoms with van der Waals surface area (Å²) in [7, 11) is 0. The van der Waals surface area contributed by atoms with E-state index in [-0.39, 0.29) is 33.6 Å². The fourth-order valence-corrected chi connectivity index (χ4v) is 6.31. The van der Waals surface area contributed by atoms with Gasteiger partial charge in [0.25, 0.3) is 0 Å². The second kappa shape index (κ2) is 12.2. The highest BCUT2D eigenvalue weighted by Gasteiger charge is 2.58. The molecule has 0 unspecified atom stereocenters. The highest BCUT2D eigenvalue weighted by Crippen LogP contribution is 2.49. The quantitative estimate of drug-likeness (QED) is 0.138. The summed E-state index contributed by atoms with van der Waals surface area (Å²) in [5.74, 6) is -6.71. The highest BCUT2D eigenvalue weighted by molar-refractivity contribution is 6.22. The van der Waals surface area contributed by atoms with Crippen molar-refractivity contribution in [2.45, 2.75) is 25.2 Å². The second-order valence-electron chi connectivity index (χ2n) is 11.9. The summed E-state index contributed by atoms with van der Waals surface area (Å²) in [5.41, 5.74) is 1.22. The molecule has 0 saturated heterocycles. The largest absolute Gasteiger partial charge is 0.388 e. The van der Waals surface area contributed by atoms with Gasteiger partial charge in [-0.1, -0.05) is 59.7 Å². The van der Waals surface area contributed by atoms with Crippen molar-refractivity contribution in [1.29, 1.82) is 0 Å². The van der Waals surface area contributed by atoms with Crippen molar-refractivity contribution in [2.24, 2.45) is 0 Å². The van der Waals surface area contributed by atoms with E-state index in [0.717, 1.165) is 11.1 Å². The molecule has 0 saturated carbocycles. The Balaban J connectivity index is 1.74. The molecule has 0 amide bonds. The van der Waals surface area contributed by atoms with Crippen LogP contribution in [0.25, 0.3) is 74.5 Å². The average Bonchev–Trinajstić information content (AvgIpc) is 3.87. The lowest BCUT2D eigenvalue weighted by atomic mass is 10.0. The number of hydrogen-bond donors (Lipinski definition) is 2. The first kappa shape index (κ1) is 33.1. The number of aromatic amines is 2. The maximum absolute atomic E-state index is 15.8. The van der Waals surface area contributed by atoms with Gasteiger partial charge in [0.05, 0.1) is 44.9 Å². The van der Waals surface area contributed by atoms with Gasteiger partial charge in [-0.05, 0) is 85.1 Å². The molecule has 8 bridgehead atoms. The number of halogens is 8. The first-order chi connectivity index (χ1) is 23.7. The van der Waals surface area contributed by atoms with E-state index < -0.39 is 45.5 Å². The zero-order valence-corrected chi connectivity index (χ0v) is 26.9. The molecule has 3 aromatic heterocycles. The second-order valence-corrected chi connectivity index (χ2v) is 12.4. The Hall–Kier alpha value is -5.42. The van der Waals surface area contributed by atoms with Crippen LogP contribution in [-0.2, 0) is 5.92 Å². The maximum Gasteiger partial charge on any atom is 0.388 e. The van der Waals surface area contributed by atoms with Gasteiger partial charge in [-0.2, -0.15) is 26.3 Å². The highest BCUT2D eigenvalue weighted by atomic mass is 35.5. The molecule has 2 aliphatic rings.